The van der Waals surface area contributed by atoms with Crippen molar-refractivity contribution >= 4 is 32.8 Å². The van der Waals surface area contributed by atoms with Gasteiger partial charge in [-0.05, 0) is 31.5 Å². The van der Waals surface area contributed by atoms with E-state index in [2.05, 4.69) is 22.3 Å². The van der Waals surface area contributed by atoms with Crippen LogP contribution in [0.25, 0.3) is 11.3 Å². The standard InChI is InChI=1S/C23H24N2O4S/c1-25(17-9-11-30(27,28)14-17)10-8-15-6-7-18-16(12-15)13-29-22(18)21-19-4-2-3-5-20(19)24-23(21)26/h2-7,12,17H,8-11,13-14H2,1H3,(H,24,26)/b22-21+. The molecule has 0 aromatic heterocycles. The number of hydrogen-bond donors (Lipinski definition) is 1. The number of benzene rings is 2. The van der Waals surface area contributed by atoms with Crippen LogP contribution in [0.3, 0.4) is 0 Å². The van der Waals surface area contributed by atoms with Crippen molar-refractivity contribution in [3.8, 4) is 0 Å². The highest BCUT2D eigenvalue weighted by Crippen LogP contribution is 2.41. The van der Waals surface area contributed by atoms with Gasteiger partial charge in [-0.3, -0.25) is 4.79 Å². The Morgan fingerprint density at radius 1 is 1.17 bits per heavy atom. The third-order valence-corrected chi connectivity index (χ3v) is 8.02. The van der Waals surface area contributed by atoms with Crippen LogP contribution in [0.4, 0.5) is 5.69 Å². The summed E-state index contributed by atoms with van der Waals surface area (Å²) in [7, 11) is -0.867. The molecule has 2 aromatic carbocycles. The SMILES string of the molecule is CN(CCc1ccc2c(c1)CO/C2=C1/C(=O)Nc2ccccc21)C1CCS(=O)(=O)C1. The summed E-state index contributed by atoms with van der Waals surface area (Å²) in [5.41, 5.74) is 5.53. The van der Waals surface area contributed by atoms with Crippen molar-refractivity contribution in [2.75, 3.05) is 30.4 Å². The zero-order chi connectivity index (χ0) is 20.9. The highest BCUT2D eigenvalue weighted by molar-refractivity contribution is 7.91. The number of rotatable bonds is 4. The van der Waals surface area contributed by atoms with E-state index in [1.54, 1.807) is 0 Å². The van der Waals surface area contributed by atoms with E-state index in [9.17, 15) is 13.2 Å². The van der Waals surface area contributed by atoms with E-state index in [4.69, 9.17) is 4.74 Å². The van der Waals surface area contributed by atoms with Gasteiger partial charge in [-0.15, -0.1) is 0 Å². The number of fused-ring (bicyclic) bond motifs is 2. The summed E-state index contributed by atoms with van der Waals surface area (Å²) >= 11 is 0. The molecule has 5 rings (SSSR count). The van der Waals surface area contributed by atoms with Crippen LogP contribution in [-0.2, 0) is 32.4 Å². The van der Waals surface area contributed by atoms with Gasteiger partial charge in [-0.2, -0.15) is 0 Å². The molecule has 1 saturated heterocycles. The Morgan fingerprint density at radius 2 is 2.00 bits per heavy atom. The average molecular weight is 425 g/mol. The first kappa shape index (κ1) is 19.3. The molecule has 0 bridgehead atoms. The molecule has 1 unspecified atom stereocenters. The fraction of sp³-hybridized carbons (Fsp3) is 0.348. The molecule has 3 heterocycles. The number of para-hydroxylation sites is 1. The molecule has 0 radical (unpaired) electrons. The van der Waals surface area contributed by atoms with Gasteiger partial charge >= 0.3 is 0 Å². The first-order valence-corrected chi connectivity index (χ1v) is 12.0. The number of likely N-dealkylation sites (N-methyl/N-ethyl adjacent to an activating group) is 1. The Kier molecular flexibility index (Phi) is 4.67. The maximum Gasteiger partial charge on any atom is 0.260 e. The molecule has 3 aliphatic heterocycles. The van der Waals surface area contributed by atoms with Gasteiger partial charge in [-0.25, -0.2) is 8.42 Å². The van der Waals surface area contributed by atoms with Crippen LogP contribution < -0.4 is 5.32 Å². The Morgan fingerprint density at radius 3 is 2.80 bits per heavy atom. The van der Waals surface area contributed by atoms with Gasteiger partial charge in [0.05, 0.1) is 17.1 Å². The topological polar surface area (TPSA) is 75.7 Å². The lowest BCUT2D eigenvalue weighted by molar-refractivity contribution is -0.110. The minimum atomic E-state index is -2.87. The summed E-state index contributed by atoms with van der Waals surface area (Å²) in [6, 6.07) is 14.0. The molecular weight excluding hydrogens is 400 g/mol. The van der Waals surface area contributed by atoms with Gasteiger partial charge in [-0.1, -0.05) is 36.4 Å². The molecule has 1 N–H and O–H groups in total. The summed E-state index contributed by atoms with van der Waals surface area (Å²) in [5.74, 6) is 1.08. The van der Waals surface area contributed by atoms with Crippen molar-refractivity contribution < 1.29 is 17.9 Å². The second kappa shape index (κ2) is 7.25. The van der Waals surface area contributed by atoms with Gasteiger partial charge in [0.25, 0.3) is 5.91 Å². The van der Waals surface area contributed by atoms with E-state index in [0.29, 0.717) is 23.7 Å². The Balaban J connectivity index is 1.34. The summed E-state index contributed by atoms with van der Waals surface area (Å²) in [6.07, 6.45) is 1.56. The fourth-order valence-corrected chi connectivity index (χ4v) is 6.34. The highest BCUT2D eigenvalue weighted by atomic mass is 32.2. The summed E-state index contributed by atoms with van der Waals surface area (Å²) in [4.78, 5) is 14.7. The molecule has 7 heteroatoms. The van der Waals surface area contributed by atoms with Gasteiger partial charge in [0.1, 0.15) is 12.4 Å². The van der Waals surface area contributed by atoms with Crippen LogP contribution in [-0.4, -0.2) is 50.4 Å². The largest absolute Gasteiger partial charge is 0.487 e. The quantitative estimate of drug-likeness (QED) is 0.764. The van der Waals surface area contributed by atoms with Crippen molar-refractivity contribution in [1.29, 1.82) is 0 Å². The van der Waals surface area contributed by atoms with Gasteiger partial charge in [0.2, 0.25) is 0 Å². The second-order valence-corrected chi connectivity index (χ2v) is 10.5. The minimum Gasteiger partial charge on any atom is -0.487 e. The second-order valence-electron chi connectivity index (χ2n) is 8.27. The molecule has 1 fully saturated rings. The van der Waals surface area contributed by atoms with Crippen LogP contribution in [0.1, 0.15) is 28.7 Å². The van der Waals surface area contributed by atoms with Crippen LogP contribution >= 0.6 is 0 Å². The molecule has 30 heavy (non-hydrogen) atoms. The molecule has 1 amide bonds. The zero-order valence-electron chi connectivity index (χ0n) is 16.8. The van der Waals surface area contributed by atoms with Crippen LogP contribution in [0.15, 0.2) is 42.5 Å². The average Bonchev–Trinajstić information content (AvgIpc) is 3.39. The molecule has 156 valence electrons. The third-order valence-electron chi connectivity index (χ3n) is 6.27. The summed E-state index contributed by atoms with van der Waals surface area (Å²) in [6.45, 7) is 1.26. The van der Waals surface area contributed by atoms with Crippen molar-refractivity contribution in [3.05, 3.63) is 64.7 Å². The predicted molar refractivity (Wildman–Crippen MR) is 117 cm³/mol. The van der Waals surface area contributed by atoms with Crippen LogP contribution in [0, 0.1) is 0 Å². The molecule has 1 atom stereocenters. The lowest BCUT2D eigenvalue weighted by Crippen LogP contribution is -2.34. The van der Waals surface area contributed by atoms with E-state index >= 15 is 0 Å². The number of carbonyl (C=O) groups excluding carboxylic acids is 1. The third kappa shape index (κ3) is 3.42. The number of carbonyl (C=O) groups is 1. The molecule has 2 aromatic rings. The molecule has 0 spiro atoms. The zero-order valence-corrected chi connectivity index (χ0v) is 17.7. The number of hydrogen-bond acceptors (Lipinski definition) is 5. The van der Waals surface area contributed by atoms with E-state index in [1.165, 1.54) is 5.56 Å². The summed E-state index contributed by atoms with van der Waals surface area (Å²) < 4.78 is 29.4. The number of sulfone groups is 1. The van der Waals surface area contributed by atoms with Crippen molar-refractivity contribution in [1.82, 2.24) is 4.90 Å². The first-order valence-electron chi connectivity index (χ1n) is 10.2. The van der Waals surface area contributed by atoms with Crippen LogP contribution in [0.2, 0.25) is 0 Å². The van der Waals surface area contributed by atoms with E-state index in [1.807, 2.05) is 37.4 Å². The van der Waals surface area contributed by atoms with Crippen molar-refractivity contribution in [3.63, 3.8) is 0 Å². The van der Waals surface area contributed by atoms with Crippen molar-refractivity contribution in [2.24, 2.45) is 0 Å². The lowest BCUT2D eigenvalue weighted by Gasteiger charge is -2.23. The maximum atomic E-state index is 12.5. The molecule has 3 aliphatic rings. The number of nitrogens with zero attached hydrogens (tertiary/aromatic N) is 1. The first-order chi connectivity index (χ1) is 14.4. The molecule has 0 aliphatic carbocycles. The fourth-order valence-electron chi connectivity index (χ4n) is 4.53. The Labute approximate surface area is 176 Å². The number of nitrogens with one attached hydrogen (secondary N) is 1. The molecule has 0 saturated carbocycles. The van der Waals surface area contributed by atoms with Crippen LogP contribution in [0.5, 0.6) is 0 Å². The maximum absolute atomic E-state index is 12.5. The number of anilines is 1. The number of amides is 1. The van der Waals surface area contributed by atoms with Gasteiger partial charge in [0.15, 0.2) is 9.84 Å². The normalized spacial score (nSPS) is 23.9. The Hall–Kier alpha value is -2.64. The van der Waals surface area contributed by atoms with Crippen molar-refractivity contribution in [2.45, 2.75) is 25.5 Å². The van der Waals surface area contributed by atoms with E-state index in [-0.39, 0.29) is 17.7 Å². The van der Waals surface area contributed by atoms with E-state index in [0.717, 1.165) is 41.8 Å². The summed E-state index contributed by atoms with van der Waals surface area (Å²) in [5, 5.41) is 2.91. The molecular formula is C23H24N2O4S. The van der Waals surface area contributed by atoms with Gasteiger partial charge in [0, 0.05) is 35.0 Å². The predicted octanol–water partition coefficient (Wildman–Crippen LogP) is 2.70. The smallest absolute Gasteiger partial charge is 0.260 e. The Bertz CT molecular complexity index is 1170. The minimum absolute atomic E-state index is 0.116. The monoisotopic (exact) mass is 424 g/mol. The highest BCUT2D eigenvalue weighted by Gasteiger charge is 2.33. The number of ether oxygens (including phenoxy) is 1. The van der Waals surface area contributed by atoms with E-state index < -0.39 is 9.84 Å². The van der Waals surface area contributed by atoms with Gasteiger partial charge < -0.3 is 15.0 Å². The lowest BCUT2D eigenvalue weighted by atomic mass is 9.98. The molecule has 6 nitrogen and oxygen atoms in total.